The number of methoxy groups -OCH3 is 1. The molecule has 118 valence electrons. The van der Waals surface area contributed by atoms with Crippen LogP contribution < -0.4 is 0 Å². The zero-order valence-electron chi connectivity index (χ0n) is 13.1. The number of hydrogen-bond acceptors (Lipinski definition) is 4. The number of hydrogen-bond donors (Lipinski definition) is 0. The maximum absolute atomic E-state index is 11.4. The van der Waals surface area contributed by atoms with Crippen LogP contribution in [0.15, 0.2) is 36.4 Å². The van der Waals surface area contributed by atoms with Crippen molar-refractivity contribution in [3.05, 3.63) is 42.1 Å². The smallest absolute Gasteiger partial charge is 0.305 e. The van der Waals surface area contributed by atoms with Gasteiger partial charge in [-0.05, 0) is 19.4 Å². The molecule has 2 aromatic rings. The quantitative estimate of drug-likeness (QED) is 0.703. The van der Waals surface area contributed by atoms with Crippen molar-refractivity contribution in [1.82, 2.24) is 9.78 Å². The number of benzene rings is 1. The van der Waals surface area contributed by atoms with Gasteiger partial charge < -0.3 is 9.47 Å². The van der Waals surface area contributed by atoms with Crippen molar-refractivity contribution in [3.63, 3.8) is 0 Å². The van der Waals surface area contributed by atoms with Crippen LogP contribution in [0, 0.1) is 0 Å². The van der Waals surface area contributed by atoms with Gasteiger partial charge in [-0.3, -0.25) is 9.48 Å². The lowest BCUT2D eigenvalue weighted by atomic mass is 10.1. The number of ether oxygens (including phenoxy) is 2. The van der Waals surface area contributed by atoms with Gasteiger partial charge in [0.25, 0.3) is 0 Å². The molecule has 0 aliphatic carbocycles. The molecule has 5 heteroatoms. The van der Waals surface area contributed by atoms with E-state index < -0.39 is 0 Å². The van der Waals surface area contributed by atoms with Crippen LogP contribution in [0.1, 0.15) is 25.5 Å². The molecular formula is C17H22N2O3. The summed E-state index contributed by atoms with van der Waals surface area (Å²) in [7, 11) is 1.66. The maximum Gasteiger partial charge on any atom is 0.305 e. The predicted octanol–water partition coefficient (Wildman–Crippen LogP) is 3.04. The Bertz CT molecular complexity index is 593. The van der Waals surface area contributed by atoms with Gasteiger partial charge in [-0.25, -0.2) is 0 Å². The fourth-order valence-electron chi connectivity index (χ4n) is 2.27. The van der Waals surface area contributed by atoms with Crippen molar-refractivity contribution in [1.29, 1.82) is 0 Å². The van der Waals surface area contributed by atoms with Gasteiger partial charge in [-0.2, -0.15) is 5.10 Å². The van der Waals surface area contributed by atoms with Crippen LogP contribution in [0.4, 0.5) is 0 Å². The molecule has 0 saturated heterocycles. The molecule has 0 radical (unpaired) electrons. The van der Waals surface area contributed by atoms with Gasteiger partial charge in [0.05, 0.1) is 24.6 Å². The van der Waals surface area contributed by atoms with Crippen molar-refractivity contribution in [2.45, 2.75) is 32.9 Å². The predicted molar refractivity (Wildman–Crippen MR) is 84.2 cm³/mol. The minimum absolute atomic E-state index is 0.161. The largest absolute Gasteiger partial charge is 0.466 e. The minimum Gasteiger partial charge on any atom is -0.466 e. The fraction of sp³-hybridized carbons (Fsp3) is 0.412. The first-order valence-electron chi connectivity index (χ1n) is 7.51. The standard InChI is InChI=1S/C17H22N2O3/c1-3-22-17(20)10-7-11-19-15(13-21-2)12-16(18-19)14-8-5-4-6-9-14/h4-6,8-9,12H,3,7,10-11,13H2,1-2H3. The van der Waals surface area contributed by atoms with E-state index in [4.69, 9.17) is 9.47 Å². The number of rotatable bonds is 8. The summed E-state index contributed by atoms with van der Waals surface area (Å²) in [5.74, 6) is -0.161. The summed E-state index contributed by atoms with van der Waals surface area (Å²) in [6.07, 6.45) is 1.10. The number of carbonyl (C=O) groups is 1. The van der Waals surface area contributed by atoms with E-state index in [0.29, 0.717) is 32.6 Å². The van der Waals surface area contributed by atoms with E-state index in [2.05, 4.69) is 5.10 Å². The van der Waals surface area contributed by atoms with Gasteiger partial charge in [-0.1, -0.05) is 30.3 Å². The van der Waals surface area contributed by atoms with Gasteiger partial charge in [0.2, 0.25) is 0 Å². The first-order valence-corrected chi connectivity index (χ1v) is 7.51. The highest BCUT2D eigenvalue weighted by Gasteiger charge is 2.10. The average Bonchev–Trinajstić information content (AvgIpc) is 2.92. The topological polar surface area (TPSA) is 53.4 Å². The van der Waals surface area contributed by atoms with Crippen LogP contribution in [0.3, 0.4) is 0 Å². The van der Waals surface area contributed by atoms with Gasteiger partial charge in [0.1, 0.15) is 0 Å². The molecule has 22 heavy (non-hydrogen) atoms. The molecule has 5 nitrogen and oxygen atoms in total. The maximum atomic E-state index is 11.4. The Balaban J connectivity index is 2.06. The molecule has 0 atom stereocenters. The Hall–Kier alpha value is -2.14. The molecule has 0 unspecified atom stereocenters. The van der Waals surface area contributed by atoms with Gasteiger partial charge in [0, 0.05) is 25.6 Å². The Morgan fingerprint density at radius 2 is 2.05 bits per heavy atom. The monoisotopic (exact) mass is 302 g/mol. The summed E-state index contributed by atoms with van der Waals surface area (Å²) in [5.41, 5.74) is 3.00. The SMILES string of the molecule is CCOC(=O)CCCn1nc(-c2ccccc2)cc1COC. The third-order valence-electron chi connectivity index (χ3n) is 3.28. The Morgan fingerprint density at radius 3 is 2.73 bits per heavy atom. The summed E-state index contributed by atoms with van der Waals surface area (Å²) < 4.78 is 12.1. The highest BCUT2D eigenvalue weighted by atomic mass is 16.5. The summed E-state index contributed by atoms with van der Waals surface area (Å²) in [6.45, 7) is 3.41. The van der Waals surface area contributed by atoms with E-state index in [-0.39, 0.29) is 5.97 Å². The molecule has 0 N–H and O–H groups in total. The molecule has 1 aromatic carbocycles. The van der Waals surface area contributed by atoms with Crippen molar-refractivity contribution in [3.8, 4) is 11.3 Å². The zero-order valence-corrected chi connectivity index (χ0v) is 13.1. The third-order valence-corrected chi connectivity index (χ3v) is 3.28. The second kappa shape index (κ2) is 8.34. The van der Waals surface area contributed by atoms with E-state index in [9.17, 15) is 4.79 Å². The number of nitrogens with zero attached hydrogens (tertiary/aromatic N) is 2. The number of aromatic nitrogens is 2. The fourth-order valence-corrected chi connectivity index (χ4v) is 2.27. The van der Waals surface area contributed by atoms with E-state index >= 15 is 0 Å². The van der Waals surface area contributed by atoms with Crippen LogP contribution in [-0.4, -0.2) is 29.5 Å². The highest BCUT2D eigenvalue weighted by Crippen LogP contribution is 2.19. The molecule has 0 aliphatic rings. The van der Waals surface area contributed by atoms with Crippen molar-refractivity contribution >= 4 is 5.97 Å². The highest BCUT2D eigenvalue weighted by molar-refractivity contribution is 5.69. The average molecular weight is 302 g/mol. The van der Waals surface area contributed by atoms with Crippen LogP contribution in [0.5, 0.6) is 0 Å². The normalized spacial score (nSPS) is 10.6. The first-order chi connectivity index (χ1) is 10.7. The van der Waals surface area contributed by atoms with Gasteiger partial charge >= 0.3 is 5.97 Å². The zero-order chi connectivity index (χ0) is 15.8. The molecule has 0 aliphatic heterocycles. The first kappa shape index (κ1) is 16.2. The molecule has 0 amide bonds. The number of carbonyl (C=O) groups excluding carboxylic acids is 1. The second-order valence-electron chi connectivity index (χ2n) is 4.95. The van der Waals surface area contributed by atoms with Crippen molar-refractivity contribution in [2.24, 2.45) is 0 Å². The summed E-state index contributed by atoms with van der Waals surface area (Å²) in [5, 5.41) is 4.63. The minimum atomic E-state index is -0.161. The third kappa shape index (κ3) is 4.43. The molecule has 2 rings (SSSR count). The summed E-state index contributed by atoms with van der Waals surface area (Å²) >= 11 is 0. The molecule has 0 saturated carbocycles. The lowest BCUT2D eigenvalue weighted by Crippen LogP contribution is -2.09. The molecule has 0 spiro atoms. The van der Waals surface area contributed by atoms with Gasteiger partial charge in [0.15, 0.2) is 0 Å². The molecule has 1 heterocycles. The molecule has 0 fully saturated rings. The molecule has 1 aromatic heterocycles. The Labute approximate surface area is 130 Å². The number of aryl methyl sites for hydroxylation is 1. The number of esters is 1. The van der Waals surface area contributed by atoms with Crippen LogP contribution in [-0.2, 0) is 27.4 Å². The van der Waals surface area contributed by atoms with Crippen LogP contribution in [0.25, 0.3) is 11.3 Å². The molecular weight excluding hydrogens is 280 g/mol. The van der Waals surface area contributed by atoms with Crippen LogP contribution >= 0.6 is 0 Å². The van der Waals surface area contributed by atoms with Crippen molar-refractivity contribution < 1.29 is 14.3 Å². The van der Waals surface area contributed by atoms with Gasteiger partial charge in [-0.15, -0.1) is 0 Å². The van der Waals surface area contributed by atoms with Crippen LogP contribution in [0.2, 0.25) is 0 Å². The summed E-state index contributed by atoms with van der Waals surface area (Å²) in [6, 6.07) is 12.1. The van der Waals surface area contributed by atoms with E-state index in [1.54, 1.807) is 7.11 Å². The lowest BCUT2D eigenvalue weighted by molar-refractivity contribution is -0.143. The van der Waals surface area contributed by atoms with E-state index in [1.807, 2.05) is 48.0 Å². The van der Waals surface area contributed by atoms with Crippen molar-refractivity contribution in [2.75, 3.05) is 13.7 Å². The molecule has 0 bridgehead atoms. The Morgan fingerprint density at radius 1 is 1.27 bits per heavy atom. The Kier molecular flexibility index (Phi) is 6.15. The lowest BCUT2D eigenvalue weighted by Gasteiger charge is -2.06. The van der Waals surface area contributed by atoms with E-state index in [1.165, 1.54) is 0 Å². The second-order valence-corrected chi connectivity index (χ2v) is 4.95. The summed E-state index contributed by atoms with van der Waals surface area (Å²) in [4.78, 5) is 11.4. The van der Waals surface area contributed by atoms with E-state index in [0.717, 1.165) is 17.0 Å².